The minimum atomic E-state index is -0.414. The van der Waals surface area contributed by atoms with E-state index in [4.69, 9.17) is 17.1 Å². The number of nitrogens with zero attached hydrogens (tertiary/aromatic N) is 1. The number of carbonyl (C=O) groups is 1. The molecule has 2 rings (SSSR count). The Bertz CT molecular complexity index is 592. The molecule has 0 aromatic heterocycles. The first kappa shape index (κ1) is 16.0. The van der Waals surface area contributed by atoms with Gasteiger partial charge in [-0.15, -0.1) is 0 Å². The third-order valence-corrected chi connectivity index (χ3v) is 3.46. The minimum absolute atomic E-state index is 0.118. The van der Waals surface area contributed by atoms with Crippen LogP contribution in [0.25, 0.3) is 0 Å². The summed E-state index contributed by atoms with van der Waals surface area (Å²) in [5, 5.41) is 4.84. The Kier molecular flexibility index (Phi) is 5.49. The van der Waals surface area contributed by atoms with Crippen LogP contribution >= 0.6 is 12.2 Å². The van der Waals surface area contributed by atoms with Crippen molar-refractivity contribution in [3.8, 4) is 0 Å². The topological polar surface area (TPSA) is 41.6 Å². The Morgan fingerprint density at radius 2 is 1.50 bits per heavy atom. The average Bonchev–Trinajstić information content (AvgIpc) is 2.53. The zero-order chi connectivity index (χ0) is 15.9. The zero-order valence-electron chi connectivity index (χ0n) is 12.5. The Morgan fingerprint density at radius 3 is 1.91 bits per heavy atom. The van der Waals surface area contributed by atoms with Gasteiger partial charge in [-0.25, -0.2) is 0 Å². The molecular weight excluding hydrogens is 296 g/mol. The molecule has 0 aliphatic carbocycles. The fourth-order valence-corrected chi connectivity index (χ4v) is 2.25. The molecule has 0 unspecified atom stereocenters. The third-order valence-electron chi connectivity index (χ3n) is 3.09. The second-order valence-corrected chi connectivity index (χ2v) is 5.17. The zero-order valence-corrected chi connectivity index (χ0v) is 13.3. The number of hydroxylamine groups is 2. The monoisotopic (exact) mass is 314 g/mol. The smallest absolute Gasteiger partial charge is 0.329 e. The van der Waals surface area contributed by atoms with Crippen molar-refractivity contribution in [2.45, 2.75) is 13.0 Å². The maximum absolute atomic E-state index is 11.0. The molecule has 114 valence electrons. The highest BCUT2D eigenvalue weighted by atomic mass is 32.1. The van der Waals surface area contributed by atoms with Gasteiger partial charge in [0.25, 0.3) is 0 Å². The molecule has 0 saturated carbocycles. The summed E-state index contributed by atoms with van der Waals surface area (Å²) in [5.41, 5.74) is 2.15. The van der Waals surface area contributed by atoms with Crippen molar-refractivity contribution in [1.29, 1.82) is 0 Å². The van der Waals surface area contributed by atoms with Gasteiger partial charge in [-0.1, -0.05) is 60.7 Å². The maximum atomic E-state index is 11.0. The SMILES string of the molecule is CC(=O)ON(C)C(=S)NC(c1ccccc1)c1ccccc1. The van der Waals surface area contributed by atoms with Crippen molar-refractivity contribution in [3.63, 3.8) is 0 Å². The van der Waals surface area contributed by atoms with E-state index < -0.39 is 5.97 Å². The average molecular weight is 314 g/mol. The van der Waals surface area contributed by atoms with Crippen LogP contribution in [0, 0.1) is 0 Å². The molecule has 0 atom stereocenters. The van der Waals surface area contributed by atoms with E-state index in [1.165, 1.54) is 12.0 Å². The first-order chi connectivity index (χ1) is 10.6. The fraction of sp³-hybridized carbons (Fsp3) is 0.176. The lowest BCUT2D eigenvalue weighted by Gasteiger charge is -2.25. The van der Waals surface area contributed by atoms with Gasteiger partial charge < -0.3 is 10.2 Å². The third kappa shape index (κ3) is 4.30. The highest BCUT2D eigenvalue weighted by Crippen LogP contribution is 2.22. The van der Waals surface area contributed by atoms with Crippen LogP contribution in [-0.2, 0) is 9.63 Å². The molecule has 0 amide bonds. The fourth-order valence-electron chi connectivity index (χ4n) is 2.10. The van der Waals surface area contributed by atoms with Crippen molar-refractivity contribution in [1.82, 2.24) is 10.4 Å². The van der Waals surface area contributed by atoms with Crippen LogP contribution < -0.4 is 5.32 Å². The Labute approximate surface area is 135 Å². The van der Waals surface area contributed by atoms with Gasteiger partial charge in [0.05, 0.1) is 6.04 Å². The van der Waals surface area contributed by atoms with Crippen LogP contribution in [-0.4, -0.2) is 23.2 Å². The summed E-state index contributed by atoms with van der Waals surface area (Å²) >= 11 is 5.31. The summed E-state index contributed by atoms with van der Waals surface area (Å²) in [7, 11) is 1.60. The number of thiocarbonyl (C=S) groups is 1. The molecule has 0 aliphatic heterocycles. The molecular formula is C17H18N2O2S. The summed E-state index contributed by atoms with van der Waals surface area (Å²) < 4.78 is 0. The van der Waals surface area contributed by atoms with E-state index in [1.807, 2.05) is 60.7 Å². The van der Waals surface area contributed by atoms with Crippen LogP contribution in [0.2, 0.25) is 0 Å². The number of hydrogen-bond donors (Lipinski definition) is 1. The van der Waals surface area contributed by atoms with Crippen molar-refractivity contribution in [2.24, 2.45) is 0 Å². The molecule has 0 heterocycles. The molecule has 2 aromatic carbocycles. The van der Waals surface area contributed by atoms with Crippen LogP contribution in [0.3, 0.4) is 0 Å². The van der Waals surface area contributed by atoms with Crippen LogP contribution in [0.1, 0.15) is 24.1 Å². The molecule has 5 heteroatoms. The highest BCUT2D eigenvalue weighted by Gasteiger charge is 2.17. The van der Waals surface area contributed by atoms with Gasteiger partial charge in [-0.3, -0.25) is 4.79 Å². The van der Waals surface area contributed by atoms with Crippen LogP contribution in [0.4, 0.5) is 0 Å². The summed E-state index contributed by atoms with van der Waals surface area (Å²) in [6.45, 7) is 1.34. The first-order valence-electron chi connectivity index (χ1n) is 6.90. The summed E-state index contributed by atoms with van der Waals surface area (Å²) in [5.74, 6) is -0.414. The van der Waals surface area contributed by atoms with Gasteiger partial charge in [-0.2, -0.15) is 5.06 Å². The molecule has 0 fully saturated rings. The van der Waals surface area contributed by atoms with Gasteiger partial charge >= 0.3 is 5.97 Å². The van der Waals surface area contributed by atoms with Crippen molar-refractivity contribution >= 4 is 23.3 Å². The molecule has 22 heavy (non-hydrogen) atoms. The lowest BCUT2D eigenvalue weighted by Crippen LogP contribution is -2.40. The van der Waals surface area contributed by atoms with Crippen LogP contribution in [0.5, 0.6) is 0 Å². The lowest BCUT2D eigenvalue weighted by molar-refractivity contribution is -0.165. The second-order valence-electron chi connectivity index (χ2n) is 4.78. The van der Waals surface area contributed by atoms with Crippen molar-refractivity contribution in [3.05, 3.63) is 71.8 Å². The Balaban J connectivity index is 2.23. The summed E-state index contributed by atoms with van der Waals surface area (Å²) in [6.07, 6.45) is 0. The van der Waals surface area contributed by atoms with Gasteiger partial charge in [0.1, 0.15) is 0 Å². The van der Waals surface area contributed by atoms with E-state index >= 15 is 0 Å². The number of carbonyl (C=O) groups excluding carboxylic acids is 1. The second kappa shape index (κ2) is 7.56. The minimum Gasteiger partial charge on any atom is -0.349 e. The number of benzene rings is 2. The van der Waals surface area contributed by atoms with Gasteiger partial charge in [0.2, 0.25) is 5.11 Å². The molecule has 0 aliphatic rings. The quantitative estimate of drug-likeness (QED) is 0.696. The molecule has 0 spiro atoms. The Hall–Kier alpha value is -2.40. The van der Waals surface area contributed by atoms with Gasteiger partial charge in [-0.05, 0) is 23.3 Å². The molecule has 0 saturated heterocycles. The predicted octanol–water partition coefficient (Wildman–Crippen LogP) is 3.06. The van der Waals surface area contributed by atoms with Gasteiger partial charge in [0.15, 0.2) is 0 Å². The van der Waals surface area contributed by atoms with Crippen LogP contribution in [0.15, 0.2) is 60.7 Å². The van der Waals surface area contributed by atoms with Gasteiger partial charge in [0, 0.05) is 14.0 Å². The predicted molar refractivity (Wildman–Crippen MR) is 90.0 cm³/mol. The highest BCUT2D eigenvalue weighted by molar-refractivity contribution is 7.80. The summed E-state index contributed by atoms with van der Waals surface area (Å²) in [4.78, 5) is 16.0. The largest absolute Gasteiger partial charge is 0.349 e. The summed E-state index contributed by atoms with van der Waals surface area (Å²) in [6, 6.07) is 19.8. The van der Waals surface area contributed by atoms with E-state index in [-0.39, 0.29) is 6.04 Å². The number of hydrogen-bond acceptors (Lipinski definition) is 3. The molecule has 0 bridgehead atoms. The molecule has 2 aromatic rings. The van der Waals surface area contributed by atoms with E-state index in [1.54, 1.807) is 7.05 Å². The van der Waals surface area contributed by atoms with E-state index in [9.17, 15) is 4.79 Å². The first-order valence-corrected chi connectivity index (χ1v) is 7.31. The normalized spacial score (nSPS) is 10.1. The van der Waals surface area contributed by atoms with E-state index in [0.29, 0.717) is 5.11 Å². The lowest BCUT2D eigenvalue weighted by atomic mass is 9.99. The molecule has 4 nitrogen and oxygen atoms in total. The van der Waals surface area contributed by atoms with Crippen molar-refractivity contribution in [2.75, 3.05) is 7.05 Å². The Morgan fingerprint density at radius 1 is 1.05 bits per heavy atom. The maximum Gasteiger partial charge on any atom is 0.329 e. The van der Waals surface area contributed by atoms with Crippen molar-refractivity contribution < 1.29 is 9.63 Å². The molecule has 0 radical (unpaired) electrons. The van der Waals surface area contributed by atoms with E-state index in [2.05, 4.69) is 5.32 Å². The standard InChI is InChI=1S/C17H18N2O2S/c1-13(20)21-19(2)17(22)18-16(14-9-5-3-6-10-14)15-11-7-4-8-12-15/h3-12,16H,1-2H3,(H,18,22). The van der Waals surface area contributed by atoms with E-state index in [0.717, 1.165) is 11.1 Å². The molecule has 1 N–H and O–H groups in total. The number of rotatable bonds is 3. The number of nitrogens with one attached hydrogen (secondary N) is 1.